The van der Waals surface area contributed by atoms with Crippen LogP contribution < -0.4 is 10.3 Å². The van der Waals surface area contributed by atoms with Gasteiger partial charge in [0.25, 0.3) is 5.56 Å². The lowest BCUT2D eigenvalue weighted by Gasteiger charge is -2.12. The Morgan fingerprint density at radius 1 is 0.885 bits per heavy atom. The summed E-state index contributed by atoms with van der Waals surface area (Å²) in [5, 5.41) is 0.574. The zero-order valence-electron chi connectivity index (χ0n) is 14.0. The van der Waals surface area contributed by atoms with Crippen LogP contribution in [0.1, 0.15) is 5.82 Å². The van der Waals surface area contributed by atoms with Crippen molar-refractivity contribution in [1.29, 1.82) is 0 Å². The Labute approximate surface area is 149 Å². The maximum atomic E-state index is 13.0. The molecular weight excluding hydrogens is 331 g/mol. The number of ether oxygens (including phenoxy) is 1. The second-order valence-electron chi connectivity index (χ2n) is 5.87. The predicted octanol–water partition coefficient (Wildman–Crippen LogP) is 4.63. The smallest absolute Gasteiger partial charge is 0.265 e. The monoisotopic (exact) mass is 346 g/mol. The number of benzene rings is 3. The van der Waals surface area contributed by atoms with Crippen LogP contribution in [0.25, 0.3) is 16.6 Å². The third kappa shape index (κ3) is 2.95. The van der Waals surface area contributed by atoms with Crippen molar-refractivity contribution in [3.63, 3.8) is 0 Å². The second-order valence-corrected chi connectivity index (χ2v) is 5.87. The van der Waals surface area contributed by atoms with E-state index < -0.39 is 0 Å². The van der Waals surface area contributed by atoms with Gasteiger partial charge in [-0.3, -0.25) is 9.36 Å². The summed E-state index contributed by atoms with van der Waals surface area (Å²) in [4.78, 5) is 17.3. The molecule has 0 saturated carbocycles. The van der Waals surface area contributed by atoms with Gasteiger partial charge in [0.05, 0.1) is 16.6 Å². The zero-order chi connectivity index (χ0) is 18.1. The highest BCUT2D eigenvalue weighted by Crippen LogP contribution is 2.23. The molecule has 0 atom stereocenters. The van der Waals surface area contributed by atoms with Crippen LogP contribution in [-0.2, 0) is 0 Å². The lowest BCUT2D eigenvalue weighted by Crippen LogP contribution is -2.22. The van der Waals surface area contributed by atoms with Gasteiger partial charge in [-0.05, 0) is 67.6 Å². The molecule has 26 heavy (non-hydrogen) atoms. The lowest BCUT2D eigenvalue weighted by atomic mass is 10.2. The molecule has 4 nitrogen and oxygen atoms in total. The summed E-state index contributed by atoms with van der Waals surface area (Å²) >= 11 is 0. The van der Waals surface area contributed by atoms with Crippen LogP contribution in [0.2, 0.25) is 0 Å². The predicted molar refractivity (Wildman–Crippen MR) is 98.6 cm³/mol. The highest BCUT2D eigenvalue weighted by molar-refractivity contribution is 5.77. The number of aromatic nitrogens is 2. The fourth-order valence-corrected chi connectivity index (χ4v) is 2.85. The molecule has 5 heteroatoms. The minimum Gasteiger partial charge on any atom is -0.457 e. The first kappa shape index (κ1) is 16.0. The third-order valence-corrected chi connectivity index (χ3v) is 4.09. The summed E-state index contributed by atoms with van der Waals surface area (Å²) in [5.74, 6) is 1.44. The van der Waals surface area contributed by atoms with Gasteiger partial charge in [-0.1, -0.05) is 12.1 Å². The van der Waals surface area contributed by atoms with Crippen LogP contribution in [0.3, 0.4) is 0 Å². The number of hydrogen-bond acceptors (Lipinski definition) is 3. The lowest BCUT2D eigenvalue weighted by molar-refractivity contribution is 0.480. The van der Waals surface area contributed by atoms with Gasteiger partial charge in [0.15, 0.2) is 0 Å². The molecule has 0 amide bonds. The summed E-state index contributed by atoms with van der Waals surface area (Å²) in [6.45, 7) is 1.80. The van der Waals surface area contributed by atoms with Gasteiger partial charge in [0.1, 0.15) is 23.1 Å². The Balaban J connectivity index is 1.70. The largest absolute Gasteiger partial charge is 0.457 e. The van der Waals surface area contributed by atoms with Gasteiger partial charge in [0, 0.05) is 0 Å². The highest BCUT2D eigenvalue weighted by Gasteiger charge is 2.09. The van der Waals surface area contributed by atoms with E-state index in [9.17, 15) is 9.18 Å². The van der Waals surface area contributed by atoms with Crippen LogP contribution in [0.5, 0.6) is 11.5 Å². The molecule has 0 aliphatic heterocycles. The van der Waals surface area contributed by atoms with Crippen molar-refractivity contribution in [2.24, 2.45) is 0 Å². The number of rotatable bonds is 3. The van der Waals surface area contributed by atoms with Crippen LogP contribution in [0.4, 0.5) is 4.39 Å². The minimum atomic E-state index is -0.314. The standard InChI is InChI=1S/C21H15FN2O2/c1-14-23-20-5-3-2-4-19(20)21(25)24(14)16-8-12-18(13-9-16)26-17-10-6-15(22)7-11-17/h2-13H,1H3. The van der Waals surface area contributed by atoms with Crippen LogP contribution in [0, 0.1) is 12.7 Å². The number of para-hydroxylation sites is 1. The van der Waals surface area contributed by atoms with Crippen molar-refractivity contribution in [3.05, 3.63) is 94.8 Å². The summed E-state index contributed by atoms with van der Waals surface area (Å²) < 4.78 is 20.2. The van der Waals surface area contributed by atoms with Gasteiger partial charge < -0.3 is 4.74 Å². The molecule has 1 heterocycles. The molecule has 3 aromatic carbocycles. The van der Waals surface area contributed by atoms with Crippen LogP contribution in [0.15, 0.2) is 77.6 Å². The van der Waals surface area contributed by atoms with Crippen LogP contribution in [-0.4, -0.2) is 9.55 Å². The molecule has 0 unspecified atom stereocenters. The Kier molecular flexibility index (Phi) is 3.97. The first-order valence-corrected chi connectivity index (χ1v) is 8.14. The van der Waals surface area contributed by atoms with E-state index in [-0.39, 0.29) is 11.4 Å². The summed E-state index contributed by atoms with van der Waals surface area (Å²) in [6.07, 6.45) is 0. The summed E-state index contributed by atoms with van der Waals surface area (Å²) in [6, 6.07) is 20.2. The fraction of sp³-hybridized carbons (Fsp3) is 0.0476. The average Bonchev–Trinajstić information content (AvgIpc) is 2.65. The normalized spacial score (nSPS) is 10.8. The van der Waals surface area contributed by atoms with E-state index in [0.717, 1.165) is 0 Å². The number of halogens is 1. The molecule has 0 aliphatic rings. The molecule has 128 valence electrons. The Morgan fingerprint density at radius 2 is 1.50 bits per heavy atom. The number of hydrogen-bond donors (Lipinski definition) is 0. The molecule has 0 fully saturated rings. The first-order chi connectivity index (χ1) is 12.6. The van der Waals surface area contributed by atoms with Gasteiger partial charge in [-0.15, -0.1) is 0 Å². The fourth-order valence-electron chi connectivity index (χ4n) is 2.85. The third-order valence-electron chi connectivity index (χ3n) is 4.09. The van der Waals surface area contributed by atoms with E-state index in [2.05, 4.69) is 4.98 Å². The van der Waals surface area contributed by atoms with Gasteiger partial charge in [0.2, 0.25) is 0 Å². The van der Waals surface area contributed by atoms with E-state index >= 15 is 0 Å². The summed E-state index contributed by atoms with van der Waals surface area (Å²) in [7, 11) is 0. The van der Waals surface area contributed by atoms with E-state index in [1.807, 2.05) is 18.2 Å². The van der Waals surface area contributed by atoms with E-state index in [4.69, 9.17) is 4.74 Å². The van der Waals surface area contributed by atoms with E-state index in [0.29, 0.717) is 33.9 Å². The minimum absolute atomic E-state index is 0.111. The van der Waals surface area contributed by atoms with Crippen molar-refractivity contribution < 1.29 is 9.13 Å². The van der Waals surface area contributed by atoms with Gasteiger partial charge >= 0.3 is 0 Å². The number of nitrogens with zero attached hydrogens (tertiary/aromatic N) is 2. The molecule has 0 N–H and O–H groups in total. The van der Waals surface area contributed by atoms with E-state index in [1.165, 1.54) is 12.1 Å². The molecule has 0 radical (unpaired) electrons. The van der Waals surface area contributed by atoms with Crippen molar-refractivity contribution in [1.82, 2.24) is 9.55 Å². The highest BCUT2D eigenvalue weighted by atomic mass is 19.1. The van der Waals surface area contributed by atoms with Crippen LogP contribution >= 0.6 is 0 Å². The Bertz CT molecular complexity index is 1130. The Hall–Kier alpha value is -3.47. The molecular formula is C21H15FN2O2. The Morgan fingerprint density at radius 3 is 2.19 bits per heavy atom. The molecule has 0 saturated heterocycles. The quantitative estimate of drug-likeness (QED) is 0.543. The molecule has 0 aliphatic carbocycles. The SMILES string of the molecule is Cc1nc2ccccc2c(=O)n1-c1ccc(Oc2ccc(F)cc2)cc1. The molecule has 4 aromatic rings. The van der Waals surface area contributed by atoms with Gasteiger partial charge in [-0.25, -0.2) is 9.37 Å². The molecule has 4 rings (SSSR count). The molecule has 1 aromatic heterocycles. The first-order valence-electron chi connectivity index (χ1n) is 8.14. The number of aryl methyl sites for hydroxylation is 1. The van der Waals surface area contributed by atoms with Crippen molar-refractivity contribution >= 4 is 10.9 Å². The number of fused-ring (bicyclic) bond motifs is 1. The second kappa shape index (κ2) is 6.44. The van der Waals surface area contributed by atoms with Gasteiger partial charge in [-0.2, -0.15) is 0 Å². The van der Waals surface area contributed by atoms with Crippen molar-refractivity contribution in [2.45, 2.75) is 6.92 Å². The summed E-state index contributed by atoms with van der Waals surface area (Å²) in [5.41, 5.74) is 1.28. The maximum absolute atomic E-state index is 13.0. The topological polar surface area (TPSA) is 44.1 Å². The molecule has 0 bridgehead atoms. The van der Waals surface area contributed by atoms with Crippen molar-refractivity contribution in [3.8, 4) is 17.2 Å². The van der Waals surface area contributed by atoms with E-state index in [1.54, 1.807) is 54.0 Å². The molecule has 0 spiro atoms. The van der Waals surface area contributed by atoms with Crippen molar-refractivity contribution in [2.75, 3.05) is 0 Å². The zero-order valence-corrected chi connectivity index (χ0v) is 14.0. The maximum Gasteiger partial charge on any atom is 0.265 e. The average molecular weight is 346 g/mol.